The molecular formula is C15H21N5OS. The van der Waals surface area contributed by atoms with Crippen molar-refractivity contribution in [3.05, 3.63) is 27.7 Å². The third-order valence-corrected chi connectivity index (χ3v) is 4.82. The van der Waals surface area contributed by atoms with Gasteiger partial charge >= 0.3 is 0 Å². The number of hydrogen-bond acceptors (Lipinski definition) is 5. The average Bonchev–Trinajstić information content (AvgIpc) is 3.04. The van der Waals surface area contributed by atoms with Crippen molar-refractivity contribution in [2.45, 2.75) is 46.1 Å². The highest BCUT2D eigenvalue weighted by molar-refractivity contribution is 7.09. The molecule has 1 amide bonds. The van der Waals surface area contributed by atoms with E-state index in [0.717, 1.165) is 41.7 Å². The van der Waals surface area contributed by atoms with Gasteiger partial charge in [-0.25, -0.2) is 14.6 Å². The number of carbonyl (C=O) groups excluding carboxylic acids is 1. The molecule has 0 radical (unpaired) electrons. The molecular weight excluding hydrogens is 298 g/mol. The van der Waals surface area contributed by atoms with Crippen molar-refractivity contribution in [1.29, 1.82) is 0 Å². The molecule has 118 valence electrons. The predicted octanol–water partition coefficient (Wildman–Crippen LogP) is 2.07. The van der Waals surface area contributed by atoms with E-state index >= 15 is 0 Å². The molecule has 1 fully saturated rings. The summed E-state index contributed by atoms with van der Waals surface area (Å²) in [5.41, 5.74) is 0.877. The topological polar surface area (TPSA) is 63.9 Å². The monoisotopic (exact) mass is 319 g/mol. The zero-order valence-corrected chi connectivity index (χ0v) is 14.1. The number of likely N-dealkylation sites (tertiary alicyclic amines) is 1. The first-order valence-corrected chi connectivity index (χ1v) is 8.49. The van der Waals surface area contributed by atoms with Gasteiger partial charge in [-0.15, -0.1) is 11.3 Å². The Bertz CT molecular complexity index is 677. The Morgan fingerprint density at radius 1 is 1.36 bits per heavy atom. The lowest BCUT2D eigenvalue weighted by atomic mass is 10.1. The summed E-state index contributed by atoms with van der Waals surface area (Å²) < 4.78 is 1.97. The van der Waals surface area contributed by atoms with Crippen LogP contribution in [0.5, 0.6) is 0 Å². The van der Waals surface area contributed by atoms with Crippen LogP contribution in [0.25, 0.3) is 0 Å². The van der Waals surface area contributed by atoms with Gasteiger partial charge < -0.3 is 4.90 Å². The molecule has 0 aliphatic carbocycles. The van der Waals surface area contributed by atoms with E-state index in [1.54, 1.807) is 11.3 Å². The fourth-order valence-electron chi connectivity index (χ4n) is 3.02. The summed E-state index contributed by atoms with van der Waals surface area (Å²) in [4.78, 5) is 23.2. The number of nitrogens with zero attached hydrogens (tertiary/aromatic N) is 5. The minimum Gasteiger partial charge on any atom is -0.340 e. The second-order valence-electron chi connectivity index (χ2n) is 5.82. The fraction of sp³-hybridized carbons (Fsp3) is 0.600. The zero-order valence-electron chi connectivity index (χ0n) is 13.2. The molecule has 22 heavy (non-hydrogen) atoms. The normalized spacial score (nSPS) is 18.7. The maximum Gasteiger partial charge on any atom is 0.228 e. The van der Waals surface area contributed by atoms with E-state index in [1.165, 1.54) is 0 Å². The Morgan fingerprint density at radius 3 is 2.82 bits per heavy atom. The second-order valence-corrected chi connectivity index (χ2v) is 6.88. The number of aromatic nitrogens is 4. The van der Waals surface area contributed by atoms with E-state index in [0.29, 0.717) is 13.0 Å². The Kier molecular flexibility index (Phi) is 4.24. The molecule has 3 heterocycles. The SMILES string of the molecule is Cc1nc(C)n([C@H]2CCCN(C(=O)Cc3csc(C)n3)C2)n1. The molecule has 0 N–H and O–H groups in total. The van der Waals surface area contributed by atoms with Gasteiger partial charge in [0, 0.05) is 18.5 Å². The number of thiazole rings is 1. The maximum atomic E-state index is 12.5. The van der Waals surface area contributed by atoms with Gasteiger partial charge in [0.25, 0.3) is 0 Å². The number of piperidine rings is 1. The molecule has 1 aliphatic rings. The molecule has 0 unspecified atom stereocenters. The van der Waals surface area contributed by atoms with Gasteiger partial charge in [0.15, 0.2) is 0 Å². The largest absolute Gasteiger partial charge is 0.340 e. The van der Waals surface area contributed by atoms with Gasteiger partial charge in [0.05, 0.1) is 23.2 Å². The Morgan fingerprint density at radius 2 is 2.18 bits per heavy atom. The van der Waals surface area contributed by atoms with Crippen LogP contribution in [-0.4, -0.2) is 43.6 Å². The van der Waals surface area contributed by atoms with Crippen molar-refractivity contribution >= 4 is 17.2 Å². The molecule has 0 spiro atoms. The summed E-state index contributed by atoms with van der Waals surface area (Å²) in [5, 5.41) is 7.45. The Hall–Kier alpha value is -1.76. The highest BCUT2D eigenvalue weighted by atomic mass is 32.1. The summed E-state index contributed by atoms with van der Waals surface area (Å²) in [5.74, 6) is 1.87. The summed E-state index contributed by atoms with van der Waals surface area (Å²) in [7, 11) is 0. The molecule has 0 saturated carbocycles. The minimum atomic E-state index is 0.157. The van der Waals surface area contributed by atoms with Crippen LogP contribution < -0.4 is 0 Å². The number of hydrogen-bond donors (Lipinski definition) is 0. The van der Waals surface area contributed by atoms with Gasteiger partial charge in [0.2, 0.25) is 5.91 Å². The lowest BCUT2D eigenvalue weighted by Crippen LogP contribution is -2.42. The Labute approximate surface area is 134 Å². The van der Waals surface area contributed by atoms with E-state index < -0.39 is 0 Å². The van der Waals surface area contributed by atoms with Crippen molar-refractivity contribution < 1.29 is 4.79 Å². The summed E-state index contributed by atoms with van der Waals surface area (Å²) >= 11 is 1.59. The number of aryl methyl sites for hydroxylation is 3. The van der Waals surface area contributed by atoms with Crippen LogP contribution in [0.2, 0.25) is 0 Å². The summed E-state index contributed by atoms with van der Waals surface area (Å²) in [6.45, 7) is 7.38. The third kappa shape index (κ3) is 3.19. The molecule has 3 rings (SSSR count). The standard InChI is InChI=1S/C15H21N5OS/c1-10-16-11(2)20(18-10)14-5-4-6-19(8-14)15(21)7-13-9-22-12(3)17-13/h9,14H,4-8H2,1-3H3/t14-/m0/s1. The number of rotatable bonds is 3. The van der Waals surface area contributed by atoms with E-state index in [1.807, 2.05) is 35.7 Å². The van der Waals surface area contributed by atoms with Crippen LogP contribution in [-0.2, 0) is 11.2 Å². The number of amides is 1. The highest BCUT2D eigenvalue weighted by Gasteiger charge is 2.26. The van der Waals surface area contributed by atoms with Crippen molar-refractivity contribution in [3.63, 3.8) is 0 Å². The van der Waals surface area contributed by atoms with E-state index in [-0.39, 0.29) is 11.9 Å². The molecule has 1 aliphatic heterocycles. The summed E-state index contributed by atoms with van der Waals surface area (Å²) in [6, 6.07) is 0.232. The van der Waals surface area contributed by atoms with Gasteiger partial charge in [-0.3, -0.25) is 4.79 Å². The second kappa shape index (κ2) is 6.16. The molecule has 6 nitrogen and oxygen atoms in total. The van der Waals surface area contributed by atoms with Crippen molar-refractivity contribution in [1.82, 2.24) is 24.6 Å². The first-order valence-electron chi connectivity index (χ1n) is 7.61. The molecule has 7 heteroatoms. The summed E-state index contributed by atoms with van der Waals surface area (Å²) in [6.07, 6.45) is 2.44. The van der Waals surface area contributed by atoms with Crippen molar-refractivity contribution in [2.24, 2.45) is 0 Å². The van der Waals surface area contributed by atoms with E-state index in [9.17, 15) is 4.79 Å². The van der Waals surface area contributed by atoms with Gasteiger partial charge in [0.1, 0.15) is 11.6 Å². The van der Waals surface area contributed by atoms with Crippen LogP contribution in [0.4, 0.5) is 0 Å². The third-order valence-electron chi connectivity index (χ3n) is 4.00. The highest BCUT2D eigenvalue weighted by Crippen LogP contribution is 2.22. The molecule has 2 aromatic heterocycles. The smallest absolute Gasteiger partial charge is 0.228 e. The first kappa shape index (κ1) is 15.1. The van der Waals surface area contributed by atoms with Gasteiger partial charge in [-0.1, -0.05) is 0 Å². The van der Waals surface area contributed by atoms with Gasteiger partial charge in [-0.05, 0) is 33.6 Å². The van der Waals surface area contributed by atoms with Crippen molar-refractivity contribution in [2.75, 3.05) is 13.1 Å². The molecule has 1 saturated heterocycles. The minimum absolute atomic E-state index is 0.157. The maximum absolute atomic E-state index is 12.5. The lowest BCUT2D eigenvalue weighted by molar-refractivity contribution is -0.132. The zero-order chi connectivity index (χ0) is 15.7. The molecule has 1 atom stereocenters. The van der Waals surface area contributed by atoms with Crippen LogP contribution in [0.3, 0.4) is 0 Å². The predicted molar refractivity (Wildman–Crippen MR) is 84.9 cm³/mol. The van der Waals surface area contributed by atoms with Gasteiger partial charge in [-0.2, -0.15) is 5.10 Å². The fourth-order valence-corrected chi connectivity index (χ4v) is 3.63. The molecule has 2 aromatic rings. The van der Waals surface area contributed by atoms with Crippen LogP contribution in [0.15, 0.2) is 5.38 Å². The van der Waals surface area contributed by atoms with E-state index in [4.69, 9.17) is 0 Å². The Balaban J connectivity index is 1.67. The van der Waals surface area contributed by atoms with Crippen LogP contribution in [0.1, 0.15) is 41.2 Å². The number of carbonyl (C=O) groups is 1. The van der Waals surface area contributed by atoms with Crippen molar-refractivity contribution in [3.8, 4) is 0 Å². The van der Waals surface area contributed by atoms with E-state index in [2.05, 4.69) is 15.1 Å². The quantitative estimate of drug-likeness (QED) is 0.869. The van der Waals surface area contributed by atoms with Crippen LogP contribution in [0, 0.1) is 20.8 Å². The van der Waals surface area contributed by atoms with Crippen LogP contribution >= 0.6 is 11.3 Å². The average molecular weight is 319 g/mol. The molecule has 0 aromatic carbocycles. The molecule has 0 bridgehead atoms. The first-order chi connectivity index (χ1) is 10.5. The lowest BCUT2D eigenvalue weighted by Gasteiger charge is -2.33.